The average Bonchev–Trinajstić information content (AvgIpc) is 2.86. The molecule has 0 radical (unpaired) electrons. The maximum atomic E-state index is 7.00. The van der Waals surface area contributed by atoms with E-state index in [1.807, 2.05) is 0 Å². The van der Waals surface area contributed by atoms with Gasteiger partial charge in [0.2, 0.25) is 0 Å². The van der Waals surface area contributed by atoms with Gasteiger partial charge in [0.05, 0.1) is 0 Å². The highest BCUT2D eigenvalue weighted by Crippen LogP contribution is 2.26. The summed E-state index contributed by atoms with van der Waals surface area (Å²) in [7, 11) is -2.82. The van der Waals surface area contributed by atoms with Crippen molar-refractivity contribution in [1.82, 2.24) is 0 Å². The monoisotopic (exact) mass is 496 g/mol. The predicted octanol–water partition coefficient (Wildman–Crippen LogP) is 8.41. The number of hydrogen-bond acceptors (Lipinski definition) is 2. The van der Waals surface area contributed by atoms with Crippen LogP contribution >= 0.6 is 0 Å². The summed E-state index contributed by atoms with van der Waals surface area (Å²) >= 11 is 0. The Hall–Kier alpha value is -1.42. The number of hydrogen-bond donors (Lipinski definition) is 0. The summed E-state index contributed by atoms with van der Waals surface area (Å²) in [5.74, 6) is 0. The van der Waals surface area contributed by atoms with Crippen LogP contribution in [0, 0.1) is 5.41 Å². The molecule has 2 rings (SSSR count). The first-order chi connectivity index (χ1) is 16.9. The van der Waals surface area contributed by atoms with Crippen molar-refractivity contribution >= 4 is 18.9 Å². The molecule has 0 N–H and O–H groups in total. The molecule has 0 amide bonds. The fourth-order valence-electron chi connectivity index (χ4n) is 4.40. The normalized spacial score (nSPS) is 13.2. The van der Waals surface area contributed by atoms with E-state index in [0.29, 0.717) is 0 Å². The maximum absolute atomic E-state index is 7.00. The molecule has 0 aliphatic carbocycles. The van der Waals surface area contributed by atoms with Crippen LogP contribution in [-0.4, -0.2) is 21.3 Å². The van der Waals surface area contributed by atoms with Gasteiger partial charge in [0.15, 0.2) is 0 Å². The van der Waals surface area contributed by atoms with Gasteiger partial charge in [0, 0.05) is 12.7 Å². The number of rotatable bonds is 18. The van der Waals surface area contributed by atoms with Gasteiger partial charge in [-0.1, -0.05) is 159 Å². The van der Waals surface area contributed by atoms with Crippen LogP contribution in [0.2, 0.25) is 0 Å². The molecule has 0 aromatic heterocycles. The summed E-state index contributed by atoms with van der Waals surface area (Å²) in [6.45, 7) is 12.0. The first-order valence-electron chi connectivity index (χ1n) is 14.3. The largest absolute Gasteiger partial charge is 0.407 e. The lowest BCUT2D eigenvalue weighted by molar-refractivity contribution is 0.0637. The lowest BCUT2D eigenvalue weighted by Gasteiger charge is -2.38. The highest BCUT2D eigenvalue weighted by Gasteiger charge is 2.45. The molecule has 0 aliphatic heterocycles. The Kier molecular flexibility index (Phi) is 13.9. The van der Waals surface area contributed by atoms with Crippen LogP contribution in [0.5, 0.6) is 0 Å². The van der Waals surface area contributed by atoms with Crippen LogP contribution in [0.1, 0.15) is 112 Å². The molecule has 1 unspecified atom stereocenters. The molecule has 0 saturated carbocycles. The molecule has 0 bridgehead atoms. The Morgan fingerprint density at radius 2 is 1.03 bits per heavy atom. The van der Waals surface area contributed by atoms with E-state index in [2.05, 4.69) is 95.3 Å². The van der Waals surface area contributed by atoms with E-state index in [1.54, 1.807) is 0 Å². The summed E-state index contributed by atoms with van der Waals surface area (Å²) in [4.78, 5) is 0. The fourth-order valence-corrected chi connectivity index (χ4v) is 7.96. The van der Waals surface area contributed by atoms with Crippen LogP contribution in [0.25, 0.3) is 0 Å². The molecule has 3 heteroatoms. The Bertz CT molecular complexity index is 730. The molecule has 0 aliphatic rings. The van der Waals surface area contributed by atoms with E-state index in [9.17, 15) is 0 Å². The van der Waals surface area contributed by atoms with Gasteiger partial charge in [-0.3, -0.25) is 0 Å². The van der Waals surface area contributed by atoms with E-state index < -0.39 is 8.56 Å². The molecular weight excluding hydrogens is 444 g/mol. The molecule has 1 atom stereocenters. The van der Waals surface area contributed by atoms with E-state index >= 15 is 0 Å². The number of unbranched alkanes of at least 4 members (excludes halogenated alkanes) is 11. The lowest BCUT2D eigenvalue weighted by atomic mass is 9.91. The molecule has 0 saturated heterocycles. The van der Waals surface area contributed by atoms with Crippen molar-refractivity contribution in [3.05, 3.63) is 60.7 Å². The molecule has 35 heavy (non-hydrogen) atoms. The summed E-state index contributed by atoms with van der Waals surface area (Å²) in [5.41, 5.74) is 0.0428. The molecule has 0 heterocycles. The van der Waals surface area contributed by atoms with E-state index in [0.717, 1.165) is 13.0 Å². The first kappa shape index (κ1) is 29.8. The van der Waals surface area contributed by atoms with Crippen molar-refractivity contribution in [2.45, 2.75) is 118 Å². The minimum Gasteiger partial charge on any atom is -0.388 e. The highest BCUT2D eigenvalue weighted by atomic mass is 28.4. The minimum absolute atomic E-state index is 0.0428. The standard InChI is InChI=1S/C32H52O2Si/c1-6-7-8-9-10-11-12-13-14-15-16-23-28-33-35(30-24-19-17-20-25-30,31-26-21-18-22-27-31)34-29(2)32(3,4)5/h17-22,24-27,29H,6-16,23,28H2,1-5H3. The quantitative estimate of drug-likeness (QED) is 0.152. The molecule has 0 spiro atoms. The highest BCUT2D eigenvalue weighted by molar-refractivity contribution is 6.92. The minimum atomic E-state index is -2.82. The van der Waals surface area contributed by atoms with Crippen molar-refractivity contribution in [1.29, 1.82) is 0 Å². The zero-order valence-electron chi connectivity index (χ0n) is 23.4. The molecule has 0 fully saturated rings. The molecule has 2 aromatic rings. The van der Waals surface area contributed by atoms with Gasteiger partial charge in [0.25, 0.3) is 0 Å². The predicted molar refractivity (Wildman–Crippen MR) is 155 cm³/mol. The van der Waals surface area contributed by atoms with Gasteiger partial charge >= 0.3 is 8.56 Å². The summed E-state index contributed by atoms with van der Waals surface area (Å²) in [6, 6.07) is 21.4. The van der Waals surface area contributed by atoms with Crippen molar-refractivity contribution in [2.24, 2.45) is 5.41 Å². The van der Waals surface area contributed by atoms with Gasteiger partial charge in [0.1, 0.15) is 0 Å². The Balaban J connectivity index is 1.91. The molecule has 2 aromatic carbocycles. The second kappa shape index (κ2) is 16.3. The topological polar surface area (TPSA) is 18.5 Å². The maximum Gasteiger partial charge on any atom is 0.407 e. The van der Waals surface area contributed by atoms with E-state index in [1.165, 1.54) is 81.0 Å². The van der Waals surface area contributed by atoms with Crippen LogP contribution < -0.4 is 10.4 Å². The number of benzene rings is 2. The fraction of sp³-hybridized carbons (Fsp3) is 0.625. The third kappa shape index (κ3) is 10.6. The first-order valence-corrected chi connectivity index (χ1v) is 16.1. The SMILES string of the molecule is CCCCCCCCCCCCCCO[Si](OC(C)C(C)(C)C)(c1ccccc1)c1ccccc1. The smallest absolute Gasteiger partial charge is 0.388 e. The average molecular weight is 497 g/mol. The summed E-state index contributed by atoms with van der Waals surface area (Å²) < 4.78 is 13.9. The third-order valence-corrected chi connectivity index (χ3v) is 10.7. The van der Waals surface area contributed by atoms with E-state index in [4.69, 9.17) is 8.85 Å². The molecule has 196 valence electrons. The third-order valence-electron chi connectivity index (χ3n) is 7.17. The van der Waals surface area contributed by atoms with Crippen molar-refractivity contribution < 1.29 is 8.85 Å². The van der Waals surface area contributed by atoms with Gasteiger partial charge in [-0.2, -0.15) is 0 Å². The van der Waals surface area contributed by atoms with Crippen LogP contribution in [0.4, 0.5) is 0 Å². The molecular formula is C32H52O2Si. The summed E-state index contributed by atoms with van der Waals surface area (Å²) in [6.07, 6.45) is 16.3. The second-order valence-electron chi connectivity index (χ2n) is 11.2. The summed E-state index contributed by atoms with van der Waals surface area (Å²) in [5, 5.41) is 2.39. The van der Waals surface area contributed by atoms with E-state index in [-0.39, 0.29) is 11.5 Å². The second-order valence-corrected chi connectivity index (χ2v) is 14.1. The molecule has 2 nitrogen and oxygen atoms in total. The van der Waals surface area contributed by atoms with Crippen molar-refractivity contribution in [3.8, 4) is 0 Å². The van der Waals surface area contributed by atoms with Gasteiger partial charge < -0.3 is 8.85 Å². The van der Waals surface area contributed by atoms with Crippen LogP contribution in [0.15, 0.2) is 60.7 Å². The van der Waals surface area contributed by atoms with Crippen molar-refractivity contribution in [2.75, 3.05) is 6.61 Å². The van der Waals surface area contributed by atoms with Gasteiger partial charge in [-0.25, -0.2) is 0 Å². The van der Waals surface area contributed by atoms with Crippen molar-refractivity contribution in [3.63, 3.8) is 0 Å². The van der Waals surface area contributed by atoms with Gasteiger partial charge in [-0.05, 0) is 29.1 Å². The Labute approximate surface area is 218 Å². The lowest BCUT2D eigenvalue weighted by Crippen LogP contribution is -2.65. The van der Waals surface area contributed by atoms with Gasteiger partial charge in [-0.15, -0.1) is 0 Å². The Morgan fingerprint density at radius 3 is 1.43 bits per heavy atom. The van der Waals surface area contributed by atoms with Crippen LogP contribution in [0.3, 0.4) is 0 Å². The van der Waals surface area contributed by atoms with Crippen LogP contribution in [-0.2, 0) is 8.85 Å². The Morgan fingerprint density at radius 1 is 0.629 bits per heavy atom. The zero-order valence-corrected chi connectivity index (χ0v) is 24.4. The zero-order chi connectivity index (χ0) is 25.4.